The molecule has 214 valence electrons. The molecule has 1 aromatic heterocycles. The van der Waals surface area contributed by atoms with Crippen LogP contribution in [0.4, 0.5) is 0 Å². The topological polar surface area (TPSA) is 114 Å². The Balaban J connectivity index is 1.46. The molecule has 0 radical (unpaired) electrons. The molecule has 1 saturated carbocycles. The quantitative estimate of drug-likeness (QED) is 0.409. The van der Waals surface area contributed by atoms with Gasteiger partial charge in [-0.2, -0.15) is 0 Å². The molecule has 2 N–H and O–H groups in total. The average Bonchev–Trinajstić information content (AvgIpc) is 3.42. The monoisotopic (exact) mass is 566 g/mol. The molecule has 0 spiro atoms. The summed E-state index contributed by atoms with van der Waals surface area (Å²) >= 11 is 0. The summed E-state index contributed by atoms with van der Waals surface area (Å²) in [5.41, 5.74) is 0.753. The zero-order chi connectivity index (χ0) is 28.2. The van der Waals surface area contributed by atoms with Crippen molar-refractivity contribution in [3.05, 3.63) is 72.7 Å². The Morgan fingerprint density at radius 3 is 2.58 bits per heavy atom. The van der Waals surface area contributed by atoms with Crippen molar-refractivity contribution in [1.29, 1.82) is 0 Å². The van der Waals surface area contributed by atoms with E-state index in [4.69, 9.17) is 4.74 Å². The second-order valence-electron chi connectivity index (χ2n) is 10.8. The third kappa shape index (κ3) is 5.85. The predicted octanol–water partition coefficient (Wildman–Crippen LogP) is 3.32. The molecule has 5 rings (SSSR count). The number of nitrogens with one attached hydrogen (secondary N) is 1. The van der Waals surface area contributed by atoms with Crippen LogP contribution in [-0.4, -0.2) is 84.6 Å². The number of ether oxygens (including phenoxy) is 1. The Kier molecular flexibility index (Phi) is 8.70. The van der Waals surface area contributed by atoms with Crippen LogP contribution in [0.3, 0.4) is 0 Å². The number of hydrogen-bond acceptors (Lipinski definition) is 7. The van der Waals surface area contributed by atoms with Gasteiger partial charge in [0, 0.05) is 38.3 Å². The molecule has 2 fully saturated rings. The number of methoxy groups -OCH3 is 1. The van der Waals surface area contributed by atoms with Crippen molar-refractivity contribution in [3.63, 3.8) is 0 Å². The minimum Gasteiger partial charge on any atom is -0.385 e. The highest BCUT2D eigenvalue weighted by molar-refractivity contribution is 7.91. The highest BCUT2D eigenvalue weighted by atomic mass is 32.2. The van der Waals surface area contributed by atoms with Gasteiger partial charge in [0.2, 0.25) is 0 Å². The first kappa shape index (κ1) is 28.5. The summed E-state index contributed by atoms with van der Waals surface area (Å²) in [4.78, 5) is 20.9. The fourth-order valence-corrected chi connectivity index (χ4v) is 7.51. The second-order valence-corrected chi connectivity index (χ2v) is 12.9. The standard InChI is InChI=1S/C30H38N4O5S/c1-39-21-30(36)16-9-8-14-26(30)34-22-32-27(28(34)23-10-4-2-5-11-23)29(35)33-18-17-31-20-24(33)15-19-40(37,38)25-12-6-3-7-13-25/h2-7,10-13,22,24,26,31,36H,8-9,14-21H2,1H3/t24-,26-,30-/m1/s1. The van der Waals surface area contributed by atoms with Crippen LogP contribution < -0.4 is 5.32 Å². The molecule has 1 saturated heterocycles. The molecule has 3 atom stereocenters. The fourth-order valence-electron chi connectivity index (χ4n) is 6.12. The molecule has 1 amide bonds. The van der Waals surface area contributed by atoms with E-state index >= 15 is 0 Å². The number of piperazine rings is 1. The van der Waals surface area contributed by atoms with Crippen LogP contribution in [0.25, 0.3) is 11.3 Å². The van der Waals surface area contributed by atoms with E-state index in [9.17, 15) is 18.3 Å². The molecule has 1 aliphatic heterocycles. The number of nitrogens with zero attached hydrogens (tertiary/aromatic N) is 3. The Hall–Kier alpha value is -3.05. The molecule has 2 heterocycles. The van der Waals surface area contributed by atoms with Gasteiger partial charge >= 0.3 is 0 Å². The Bertz CT molecular complexity index is 1390. The molecule has 40 heavy (non-hydrogen) atoms. The van der Waals surface area contributed by atoms with E-state index < -0.39 is 15.4 Å². The molecule has 3 aromatic rings. The lowest BCUT2D eigenvalue weighted by Gasteiger charge is -2.41. The van der Waals surface area contributed by atoms with Crippen LogP contribution in [0.5, 0.6) is 0 Å². The second kappa shape index (κ2) is 12.2. The first-order valence-corrected chi connectivity index (χ1v) is 15.6. The van der Waals surface area contributed by atoms with Crippen LogP contribution in [0.1, 0.15) is 48.6 Å². The summed E-state index contributed by atoms with van der Waals surface area (Å²) in [7, 11) is -1.89. The maximum atomic E-state index is 14.2. The molecule has 10 heteroatoms. The van der Waals surface area contributed by atoms with Crippen LogP contribution in [0.15, 0.2) is 71.9 Å². The van der Waals surface area contributed by atoms with Gasteiger partial charge in [0.1, 0.15) is 5.60 Å². The lowest BCUT2D eigenvalue weighted by atomic mass is 9.80. The van der Waals surface area contributed by atoms with E-state index in [2.05, 4.69) is 10.3 Å². The zero-order valence-corrected chi connectivity index (χ0v) is 23.7. The molecule has 2 aromatic carbocycles. The van der Waals surface area contributed by atoms with Gasteiger partial charge in [-0.1, -0.05) is 61.4 Å². The van der Waals surface area contributed by atoms with E-state index in [-0.39, 0.29) is 35.2 Å². The van der Waals surface area contributed by atoms with E-state index in [1.54, 1.807) is 48.7 Å². The molecule has 0 unspecified atom stereocenters. The minimum atomic E-state index is -3.48. The molecular weight excluding hydrogens is 528 g/mol. The van der Waals surface area contributed by atoms with Crippen LogP contribution in [-0.2, 0) is 14.6 Å². The summed E-state index contributed by atoms with van der Waals surface area (Å²) in [6.45, 7) is 1.77. The number of hydrogen-bond donors (Lipinski definition) is 2. The fraction of sp³-hybridized carbons (Fsp3) is 0.467. The Labute approximate surface area is 236 Å². The molecule has 2 aliphatic rings. The van der Waals surface area contributed by atoms with Gasteiger partial charge in [-0.05, 0) is 31.4 Å². The summed E-state index contributed by atoms with van der Waals surface area (Å²) in [6, 6.07) is 17.5. The molecule has 1 aliphatic carbocycles. The predicted molar refractivity (Wildman–Crippen MR) is 153 cm³/mol. The van der Waals surface area contributed by atoms with Gasteiger partial charge in [-0.25, -0.2) is 13.4 Å². The number of amides is 1. The van der Waals surface area contributed by atoms with Gasteiger partial charge < -0.3 is 24.6 Å². The van der Waals surface area contributed by atoms with Crippen molar-refractivity contribution in [3.8, 4) is 11.3 Å². The molecular formula is C30H38N4O5S. The van der Waals surface area contributed by atoms with Crippen molar-refractivity contribution in [2.75, 3.05) is 39.1 Å². The number of carbonyl (C=O) groups is 1. The van der Waals surface area contributed by atoms with Crippen LogP contribution in [0.2, 0.25) is 0 Å². The van der Waals surface area contributed by atoms with E-state index in [1.165, 1.54) is 0 Å². The van der Waals surface area contributed by atoms with E-state index in [0.29, 0.717) is 43.9 Å². The zero-order valence-electron chi connectivity index (χ0n) is 22.9. The highest BCUT2D eigenvalue weighted by Gasteiger charge is 2.42. The number of aliphatic hydroxyl groups is 1. The van der Waals surface area contributed by atoms with Gasteiger partial charge in [-0.15, -0.1) is 0 Å². The molecule has 0 bridgehead atoms. The first-order valence-electron chi connectivity index (χ1n) is 14.0. The summed E-state index contributed by atoms with van der Waals surface area (Å²) in [5.74, 6) is -0.286. The summed E-state index contributed by atoms with van der Waals surface area (Å²) < 4.78 is 33.3. The maximum Gasteiger partial charge on any atom is 0.275 e. The highest BCUT2D eigenvalue weighted by Crippen LogP contribution is 2.41. The number of carbonyl (C=O) groups excluding carboxylic acids is 1. The van der Waals surface area contributed by atoms with E-state index in [0.717, 1.165) is 24.8 Å². The number of aromatic nitrogens is 2. The number of sulfone groups is 1. The van der Waals surface area contributed by atoms with Crippen molar-refractivity contribution in [2.45, 2.75) is 54.7 Å². The van der Waals surface area contributed by atoms with Crippen molar-refractivity contribution >= 4 is 15.7 Å². The van der Waals surface area contributed by atoms with Crippen LogP contribution >= 0.6 is 0 Å². The average molecular weight is 567 g/mol. The number of imidazole rings is 1. The van der Waals surface area contributed by atoms with E-state index in [1.807, 2.05) is 34.9 Å². The third-order valence-electron chi connectivity index (χ3n) is 8.16. The SMILES string of the molecule is COC[C@]1(O)CCCC[C@H]1n1cnc(C(=O)N2CCNC[C@H]2CCS(=O)(=O)c2ccccc2)c1-c1ccccc1. The first-order chi connectivity index (χ1) is 19.3. The van der Waals surface area contributed by atoms with Gasteiger partial charge in [0.15, 0.2) is 15.5 Å². The lowest BCUT2D eigenvalue weighted by molar-refractivity contribution is -0.0893. The number of rotatable bonds is 9. The Morgan fingerprint density at radius 2 is 1.85 bits per heavy atom. The van der Waals surface area contributed by atoms with Crippen LogP contribution in [0, 0.1) is 0 Å². The maximum absolute atomic E-state index is 14.2. The summed E-state index contributed by atoms with van der Waals surface area (Å²) in [5, 5.41) is 14.9. The van der Waals surface area contributed by atoms with Gasteiger partial charge in [0.25, 0.3) is 5.91 Å². The van der Waals surface area contributed by atoms with Gasteiger partial charge in [-0.3, -0.25) is 4.79 Å². The lowest BCUT2D eigenvalue weighted by Crippen LogP contribution is -2.54. The van der Waals surface area contributed by atoms with Crippen molar-refractivity contribution in [2.24, 2.45) is 0 Å². The normalized spacial score (nSPS) is 23.7. The van der Waals surface area contributed by atoms with Crippen molar-refractivity contribution in [1.82, 2.24) is 19.8 Å². The third-order valence-corrected chi connectivity index (χ3v) is 9.93. The Morgan fingerprint density at radius 1 is 1.12 bits per heavy atom. The number of benzene rings is 2. The van der Waals surface area contributed by atoms with Gasteiger partial charge in [0.05, 0.1) is 35.3 Å². The largest absolute Gasteiger partial charge is 0.385 e. The minimum absolute atomic E-state index is 0.0563. The smallest absolute Gasteiger partial charge is 0.275 e. The molecule has 9 nitrogen and oxygen atoms in total. The van der Waals surface area contributed by atoms with Crippen molar-refractivity contribution < 1.29 is 23.1 Å². The summed E-state index contributed by atoms with van der Waals surface area (Å²) in [6.07, 6.45) is 5.21.